The molecule has 1 nitrogen and oxygen atoms in total. The van der Waals surface area contributed by atoms with Gasteiger partial charge in [-0.1, -0.05) is 57.2 Å². The highest BCUT2D eigenvalue weighted by molar-refractivity contribution is 6.21. The molecule has 0 radical (unpaired) electrons. The number of ether oxygens (including phenoxy) is 1. The molecule has 0 aromatic heterocycles. The Morgan fingerprint density at radius 2 is 1.39 bits per heavy atom. The minimum absolute atomic E-state index is 0.0217. The van der Waals surface area contributed by atoms with Gasteiger partial charge in [0, 0.05) is 11.3 Å². The summed E-state index contributed by atoms with van der Waals surface area (Å²) in [4.78, 5) is 0. The van der Waals surface area contributed by atoms with Crippen molar-refractivity contribution in [3.63, 3.8) is 0 Å². The maximum atomic E-state index is 6.51. The number of hydrogen-bond acceptors (Lipinski definition) is 1. The normalized spacial score (nSPS) is 14.3. The summed E-state index contributed by atoms with van der Waals surface area (Å²) in [5.41, 5.74) is 3.98. The van der Waals surface area contributed by atoms with Gasteiger partial charge >= 0.3 is 0 Å². The summed E-state index contributed by atoms with van der Waals surface area (Å²) in [7, 11) is 0. The van der Waals surface area contributed by atoms with E-state index in [4.69, 9.17) is 16.3 Å². The third-order valence-corrected chi connectivity index (χ3v) is 4.40. The molecule has 124 valence electrons. The lowest BCUT2D eigenvalue weighted by Gasteiger charge is -2.23. The fourth-order valence-corrected chi connectivity index (χ4v) is 3.14. The molecule has 2 heteroatoms. The van der Waals surface area contributed by atoms with Crippen LogP contribution in [0.1, 0.15) is 57.2 Å². The van der Waals surface area contributed by atoms with E-state index in [1.165, 1.54) is 16.7 Å². The summed E-state index contributed by atoms with van der Waals surface area (Å²) in [5.74, 6) is 1.08. The van der Waals surface area contributed by atoms with E-state index < -0.39 is 0 Å². The predicted octanol–water partition coefficient (Wildman–Crippen LogP) is 6.14. The zero-order valence-corrected chi connectivity index (χ0v) is 15.5. The van der Waals surface area contributed by atoms with Crippen molar-refractivity contribution in [2.45, 2.75) is 51.3 Å². The Morgan fingerprint density at radius 3 is 1.78 bits per heavy atom. The van der Waals surface area contributed by atoms with Crippen molar-refractivity contribution in [2.75, 3.05) is 6.61 Å². The lowest BCUT2D eigenvalue weighted by atomic mass is 9.83. The molecule has 0 bridgehead atoms. The van der Waals surface area contributed by atoms with E-state index in [1.54, 1.807) is 0 Å². The van der Waals surface area contributed by atoms with Crippen LogP contribution < -0.4 is 4.74 Å². The molecule has 0 saturated heterocycles. The Kier molecular flexibility index (Phi) is 5.75. The van der Waals surface area contributed by atoms with Crippen molar-refractivity contribution in [1.82, 2.24) is 0 Å². The van der Waals surface area contributed by atoms with Crippen molar-refractivity contribution in [1.29, 1.82) is 0 Å². The van der Waals surface area contributed by atoms with Crippen LogP contribution in [-0.4, -0.2) is 12.0 Å². The number of benzene rings is 2. The number of hydrogen-bond donors (Lipinski definition) is 0. The van der Waals surface area contributed by atoms with Crippen LogP contribution >= 0.6 is 11.6 Å². The standard InChI is InChI=1S/C21H27ClO/c1-6-23-19-13-9-17(10-14-19)20(15(2)22)16-7-11-18(12-8-16)21(3,4)5/h7-15,20H,6H2,1-5H3. The van der Waals surface area contributed by atoms with Gasteiger partial charge in [-0.2, -0.15) is 0 Å². The van der Waals surface area contributed by atoms with Crippen LogP contribution in [0.15, 0.2) is 48.5 Å². The fraction of sp³-hybridized carbons (Fsp3) is 0.429. The van der Waals surface area contributed by atoms with E-state index in [9.17, 15) is 0 Å². The molecule has 23 heavy (non-hydrogen) atoms. The molecule has 0 aliphatic heterocycles. The van der Waals surface area contributed by atoms with Gasteiger partial charge in [-0.25, -0.2) is 0 Å². The largest absolute Gasteiger partial charge is 0.494 e. The van der Waals surface area contributed by atoms with Crippen molar-refractivity contribution in [3.05, 3.63) is 65.2 Å². The maximum Gasteiger partial charge on any atom is 0.119 e. The quantitative estimate of drug-likeness (QED) is 0.598. The van der Waals surface area contributed by atoms with Crippen LogP contribution in [0.5, 0.6) is 5.75 Å². The average Bonchev–Trinajstić information content (AvgIpc) is 2.49. The molecular weight excluding hydrogens is 304 g/mol. The van der Waals surface area contributed by atoms with Crippen LogP contribution in [0.2, 0.25) is 0 Å². The van der Waals surface area contributed by atoms with Gasteiger partial charge in [0.25, 0.3) is 0 Å². The number of rotatable bonds is 5. The summed E-state index contributed by atoms with van der Waals surface area (Å²) in [6.07, 6.45) is 0. The Hall–Kier alpha value is -1.47. The molecule has 0 spiro atoms. The summed E-state index contributed by atoms with van der Waals surface area (Å²) in [6, 6.07) is 17.1. The topological polar surface area (TPSA) is 9.23 Å². The molecule has 2 aromatic rings. The summed E-state index contributed by atoms with van der Waals surface area (Å²) < 4.78 is 5.53. The molecule has 2 rings (SSSR count). The van der Waals surface area contributed by atoms with E-state index >= 15 is 0 Å². The molecule has 0 aliphatic carbocycles. The van der Waals surface area contributed by atoms with Crippen molar-refractivity contribution in [2.24, 2.45) is 0 Å². The smallest absolute Gasteiger partial charge is 0.119 e. The third-order valence-electron chi connectivity index (χ3n) is 4.15. The Balaban J connectivity index is 2.31. The molecule has 2 atom stereocenters. The lowest BCUT2D eigenvalue weighted by molar-refractivity contribution is 0.340. The first-order valence-electron chi connectivity index (χ1n) is 8.30. The van der Waals surface area contributed by atoms with Gasteiger partial charge in [0.2, 0.25) is 0 Å². The molecule has 0 heterocycles. The number of halogens is 1. The molecule has 0 aliphatic rings. The molecule has 0 amide bonds. The van der Waals surface area contributed by atoms with E-state index in [2.05, 4.69) is 64.1 Å². The van der Waals surface area contributed by atoms with Gasteiger partial charge in [0.15, 0.2) is 0 Å². The number of alkyl halides is 1. The molecule has 2 aromatic carbocycles. The zero-order valence-electron chi connectivity index (χ0n) is 14.8. The summed E-state index contributed by atoms with van der Waals surface area (Å²) in [5, 5.41) is 0.0217. The Bertz CT molecular complexity index is 606. The third kappa shape index (κ3) is 4.51. The molecule has 2 unspecified atom stereocenters. The monoisotopic (exact) mass is 330 g/mol. The fourth-order valence-electron chi connectivity index (χ4n) is 2.85. The first-order chi connectivity index (χ1) is 10.8. The molecule has 0 N–H and O–H groups in total. The van der Waals surface area contributed by atoms with Gasteiger partial charge in [-0.05, 0) is 48.1 Å². The van der Waals surface area contributed by atoms with Gasteiger partial charge < -0.3 is 4.74 Å². The van der Waals surface area contributed by atoms with Gasteiger partial charge in [-0.15, -0.1) is 11.6 Å². The van der Waals surface area contributed by atoms with E-state index in [-0.39, 0.29) is 16.7 Å². The second-order valence-electron chi connectivity index (χ2n) is 7.03. The lowest BCUT2D eigenvalue weighted by Crippen LogP contribution is -2.14. The van der Waals surface area contributed by atoms with Gasteiger partial charge in [0.05, 0.1) is 6.61 Å². The SMILES string of the molecule is CCOc1ccc(C(c2ccc(C(C)(C)C)cc2)C(C)Cl)cc1. The maximum absolute atomic E-state index is 6.51. The van der Waals surface area contributed by atoms with Crippen LogP contribution in [0, 0.1) is 0 Å². The van der Waals surface area contributed by atoms with Crippen LogP contribution in [0.25, 0.3) is 0 Å². The highest BCUT2D eigenvalue weighted by Gasteiger charge is 2.21. The summed E-state index contributed by atoms with van der Waals surface area (Å²) >= 11 is 6.51. The summed E-state index contributed by atoms with van der Waals surface area (Å²) in [6.45, 7) is 11.4. The van der Waals surface area contributed by atoms with Crippen molar-refractivity contribution >= 4 is 11.6 Å². The minimum Gasteiger partial charge on any atom is -0.494 e. The van der Waals surface area contributed by atoms with Crippen LogP contribution in [-0.2, 0) is 5.41 Å². The highest BCUT2D eigenvalue weighted by atomic mass is 35.5. The van der Waals surface area contributed by atoms with E-state index in [1.807, 2.05) is 19.1 Å². The van der Waals surface area contributed by atoms with Crippen LogP contribution in [0.4, 0.5) is 0 Å². The van der Waals surface area contributed by atoms with E-state index in [0.717, 1.165) is 5.75 Å². The Labute approximate surface area is 145 Å². The average molecular weight is 331 g/mol. The Morgan fingerprint density at radius 1 is 0.913 bits per heavy atom. The minimum atomic E-state index is 0.0217. The van der Waals surface area contributed by atoms with E-state index in [0.29, 0.717) is 6.61 Å². The van der Waals surface area contributed by atoms with Gasteiger partial charge in [0.1, 0.15) is 5.75 Å². The first-order valence-corrected chi connectivity index (χ1v) is 8.74. The second-order valence-corrected chi connectivity index (χ2v) is 7.72. The first kappa shape index (κ1) is 17.9. The van der Waals surface area contributed by atoms with Crippen molar-refractivity contribution in [3.8, 4) is 5.75 Å². The van der Waals surface area contributed by atoms with Gasteiger partial charge in [-0.3, -0.25) is 0 Å². The molecule has 0 fully saturated rings. The molecular formula is C21H27ClO. The zero-order chi connectivity index (χ0) is 17.0. The van der Waals surface area contributed by atoms with Crippen molar-refractivity contribution < 1.29 is 4.74 Å². The molecule has 0 saturated carbocycles. The predicted molar refractivity (Wildman–Crippen MR) is 99.9 cm³/mol. The van der Waals surface area contributed by atoms with Crippen LogP contribution in [0.3, 0.4) is 0 Å². The second kappa shape index (κ2) is 7.40. The highest BCUT2D eigenvalue weighted by Crippen LogP contribution is 2.33.